The predicted molar refractivity (Wildman–Crippen MR) is 86.3 cm³/mol. The van der Waals surface area contributed by atoms with Crippen LogP contribution in [0, 0.1) is 13.8 Å². The maximum Gasteiger partial charge on any atom is 0.253 e. The molecule has 1 aromatic carbocycles. The SMILES string of the molecule is Cc1cc(C)n2nc(S[C@H](C)C(=O)c3ccccc3)nc2n1. The summed E-state index contributed by atoms with van der Waals surface area (Å²) < 4.78 is 1.70. The summed E-state index contributed by atoms with van der Waals surface area (Å²) in [6.45, 7) is 5.76. The molecule has 2 heterocycles. The summed E-state index contributed by atoms with van der Waals surface area (Å²) in [5, 5.41) is 4.74. The van der Waals surface area contributed by atoms with Crippen LogP contribution in [0.5, 0.6) is 0 Å². The summed E-state index contributed by atoms with van der Waals surface area (Å²) in [7, 11) is 0. The largest absolute Gasteiger partial charge is 0.293 e. The van der Waals surface area contributed by atoms with Crippen molar-refractivity contribution in [2.45, 2.75) is 31.2 Å². The van der Waals surface area contributed by atoms with E-state index in [9.17, 15) is 4.79 Å². The number of hydrogen-bond donors (Lipinski definition) is 0. The van der Waals surface area contributed by atoms with E-state index < -0.39 is 0 Å². The van der Waals surface area contributed by atoms with E-state index >= 15 is 0 Å². The first-order valence-electron chi connectivity index (χ1n) is 7.01. The zero-order valence-electron chi connectivity index (χ0n) is 12.6. The topological polar surface area (TPSA) is 60.2 Å². The minimum atomic E-state index is -0.249. The summed E-state index contributed by atoms with van der Waals surface area (Å²) >= 11 is 1.35. The van der Waals surface area contributed by atoms with E-state index in [4.69, 9.17) is 0 Å². The van der Waals surface area contributed by atoms with E-state index in [1.807, 2.05) is 57.2 Å². The van der Waals surface area contributed by atoms with Gasteiger partial charge in [0, 0.05) is 17.0 Å². The van der Waals surface area contributed by atoms with E-state index in [0.29, 0.717) is 16.5 Å². The molecule has 0 fully saturated rings. The fraction of sp³-hybridized carbons (Fsp3) is 0.250. The number of hydrogen-bond acceptors (Lipinski definition) is 5. The number of Topliss-reactive ketones (excluding diaryl/α,β-unsaturated/α-hetero) is 1. The van der Waals surface area contributed by atoms with Crippen LogP contribution in [0.25, 0.3) is 5.78 Å². The van der Waals surface area contributed by atoms with Gasteiger partial charge in [0.2, 0.25) is 5.16 Å². The first-order valence-corrected chi connectivity index (χ1v) is 7.89. The summed E-state index contributed by atoms with van der Waals surface area (Å²) in [4.78, 5) is 21.1. The Morgan fingerprint density at radius 3 is 2.64 bits per heavy atom. The van der Waals surface area contributed by atoms with Gasteiger partial charge < -0.3 is 0 Å². The summed E-state index contributed by atoms with van der Waals surface area (Å²) in [6, 6.07) is 11.2. The van der Waals surface area contributed by atoms with Gasteiger partial charge in [0.15, 0.2) is 5.78 Å². The Hall–Kier alpha value is -2.21. The molecule has 0 radical (unpaired) electrons. The quantitative estimate of drug-likeness (QED) is 0.547. The fourth-order valence-corrected chi connectivity index (χ4v) is 3.07. The van der Waals surface area contributed by atoms with Crippen LogP contribution in [-0.4, -0.2) is 30.6 Å². The smallest absolute Gasteiger partial charge is 0.253 e. The monoisotopic (exact) mass is 312 g/mol. The molecule has 0 amide bonds. The molecule has 2 aromatic heterocycles. The molecule has 3 aromatic rings. The van der Waals surface area contributed by atoms with Crippen molar-refractivity contribution >= 4 is 23.3 Å². The Bertz CT molecular complexity index is 829. The van der Waals surface area contributed by atoms with Crippen LogP contribution >= 0.6 is 11.8 Å². The first-order chi connectivity index (χ1) is 10.5. The average molecular weight is 312 g/mol. The van der Waals surface area contributed by atoms with Crippen molar-refractivity contribution in [3.63, 3.8) is 0 Å². The second kappa shape index (κ2) is 5.88. The van der Waals surface area contributed by atoms with E-state index in [1.165, 1.54) is 11.8 Å². The summed E-state index contributed by atoms with van der Waals surface area (Å²) in [5.74, 6) is 0.643. The Balaban J connectivity index is 1.84. The number of aromatic nitrogens is 4. The molecule has 0 saturated carbocycles. The lowest BCUT2D eigenvalue weighted by Gasteiger charge is -2.07. The van der Waals surface area contributed by atoms with Crippen LogP contribution in [0.2, 0.25) is 0 Å². The Labute approximate surface area is 132 Å². The number of nitrogens with zero attached hydrogens (tertiary/aromatic N) is 4. The van der Waals surface area contributed by atoms with Gasteiger partial charge in [-0.1, -0.05) is 42.1 Å². The van der Waals surface area contributed by atoms with Crippen molar-refractivity contribution in [3.8, 4) is 0 Å². The average Bonchev–Trinajstić information content (AvgIpc) is 2.90. The van der Waals surface area contributed by atoms with Crippen molar-refractivity contribution in [1.29, 1.82) is 0 Å². The molecule has 112 valence electrons. The van der Waals surface area contributed by atoms with E-state index in [2.05, 4.69) is 15.1 Å². The van der Waals surface area contributed by atoms with Crippen LogP contribution in [0.3, 0.4) is 0 Å². The fourth-order valence-electron chi connectivity index (χ4n) is 2.25. The molecule has 22 heavy (non-hydrogen) atoms. The van der Waals surface area contributed by atoms with Crippen LogP contribution in [0.4, 0.5) is 0 Å². The van der Waals surface area contributed by atoms with Gasteiger partial charge in [-0.15, -0.1) is 5.10 Å². The minimum Gasteiger partial charge on any atom is -0.293 e. The third-order valence-electron chi connectivity index (χ3n) is 3.31. The first kappa shape index (κ1) is 14.7. The molecule has 0 spiro atoms. The summed E-state index contributed by atoms with van der Waals surface area (Å²) in [5.41, 5.74) is 2.59. The highest BCUT2D eigenvalue weighted by molar-refractivity contribution is 8.00. The van der Waals surface area contributed by atoms with Crippen molar-refractivity contribution < 1.29 is 4.79 Å². The number of ketones is 1. The second-order valence-electron chi connectivity index (χ2n) is 5.14. The minimum absolute atomic E-state index is 0.0744. The third-order valence-corrected chi connectivity index (χ3v) is 4.26. The lowest BCUT2D eigenvalue weighted by Crippen LogP contribution is -2.13. The van der Waals surface area contributed by atoms with Gasteiger partial charge in [0.25, 0.3) is 5.78 Å². The Morgan fingerprint density at radius 2 is 1.91 bits per heavy atom. The molecule has 0 saturated heterocycles. The third kappa shape index (κ3) is 2.87. The lowest BCUT2D eigenvalue weighted by atomic mass is 10.1. The number of aryl methyl sites for hydroxylation is 2. The van der Waals surface area contributed by atoms with Crippen LogP contribution in [0.15, 0.2) is 41.6 Å². The summed E-state index contributed by atoms with van der Waals surface area (Å²) in [6.07, 6.45) is 0. The van der Waals surface area contributed by atoms with Crippen LogP contribution in [0.1, 0.15) is 28.7 Å². The number of fused-ring (bicyclic) bond motifs is 1. The van der Waals surface area contributed by atoms with Gasteiger partial charge in [-0.2, -0.15) is 4.98 Å². The molecule has 0 aliphatic rings. The number of rotatable bonds is 4. The van der Waals surface area contributed by atoms with Crippen molar-refractivity contribution in [2.24, 2.45) is 0 Å². The predicted octanol–water partition coefficient (Wildman–Crippen LogP) is 3.10. The van der Waals surface area contributed by atoms with E-state index in [0.717, 1.165) is 11.4 Å². The molecule has 3 rings (SSSR count). The number of benzene rings is 1. The molecular weight excluding hydrogens is 296 g/mol. The maximum atomic E-state index is 12.4. The lowest BCUT2D eigenvalue weighted by molar-refractivity contribution is 0.0994. The Morgan fingerprint density at radius 1 is 1.18 bits per heavy atom. The van der Waals surface area contributed by atoms with Crippen molar-refractivity contribution in [2.75, 3.05) is 0 Å². The van der Waals surface area contributed by atoms with Gasteiger partial charge in [0.05, 0.1) is 5.25 Å². The second-order valence-corrected chi connectivity index (χ2v) is 6.44. The highest BCUT2D eigenvalue weighted by Gasteiger charge is 2.19. The van der Waals surface area contributed by atoms with E-state index in [1.54, 1.807) is 4.52 Å². The maximum absolute atomic E-state index is 12.4. The highest BCUT2D eigenvalue weighted by atomic mass is 32.2. The normalized spacial score (nSPS) is 12.5. The molecular formula is C16H16N4OS. The van der Waals surface area contributed by atoms with Gasteiger partial charge in [-0.05, 0) is 26.8 Å². The zero-order valence-corrected chi connectivity index (χ0v) is 13.5. The number of thioether (sulfide) groups is 1. The van der Waals surface area contributed by atoms with Crippen molar-refractivity contribution in [1.82, 2.24) is 19.6 Å². The standard InChI is InChI=1S/C16H16N4OS/c1-10-9-11(2)20-15(17-10)18-16(19-20)22-12(3)14(21)13-7-5-4-6-8-13/h4-9,12H,1-3H3/t12-/m1/s1. The molecule has 6 heteroatoms. The van der Waals surface area contributed by atoms with Gasteiger partial charge in [-0.3, -0.25) is 4.79 Å². The van der Waals surface area contributed by atoms with Gasteiger partial charge >= 0.3 is 0 Å². The Kier molecular flexibility index (Phi) is 3.94. The van der Waals surface area contributed by atoms with Crippen LogP contribution in [-0.2, 0) is 0 Å². The zero-order chi connectivity index (χ0) is 15.7. The van der Waals surface area contributed by atoms with Gasteiger partial charge in [0.1, 0.15) is 0 Å². The molecule has 0 aliphatic heterocycles. The highest BCUT2D eigenvalue weighted by Crippen LogP contribution is 2.23. The molecule has 0 unspecified atom stereocenters. The number of carbonyl (C=O) groups is 1. The molecule has 0 bridgehead atoms. The molecule has 0 N–H and O–H groups in total. The molecule has 0 aliphatic carbocycles. The number of carbonyl (C=O) groups excluding carboxylic acids is 1. The van der Waals surface area contributed by atoms with Gasteiger partial charge in [-0.25, -0.2) is 9.50 Å². The van der Waals surface area contributed by atoms with E-state index in [-0.39, 0.29) is 11.0 Å². The van der Waals surface area contributed by atoms with Crippen molar-refractivity contribution in [3.05, 3.63) is 53.3 Å². The molecule has 1 atom stereocenters. The van der Waals surface area contributed by atoms with Crippen LogP contribution < -0.4 is 0 Å². The molecule has 5 nitrogen and oxygen atoms in total.